The van der Waals surface area contributed by atoms with Gasteiger partial charge in [-0.1, -0.05) is 0 Å². The number of rotatable bonds is 2. The average Bonchev–Trinajstić information content (AvgIpc) is 2.30. The van der Waals surface area contributed by atoms with E-state index in [1.807, 2.05) is 4.90 Å². The maximum absolute atomic E-state index is 8.97. The lowest BCUT2D eigenvalue weighted by molar-refractivity contribution is -0.0459. The summed E-state index contributed by atoms with van der Waals surface area (Å²) in [7, 11) is 0. The van der Waals surface area contributed by atoms with E-state index in [-0.39, 0.29) is 5.69 Å². The molecular weight excluding hydrogens is 198 g/mol. The van der Waals surface area contributed by atoms with Crippen molar-refractivity contribution in [3.05, 3.63) is 18.1 Å². The number of aliphatic hydroxyl groups is 2. The molecule has 0 radical (unpaired) electrons. The Hall–Kier alpha value is -1.24. The van der Waals surface area contributed by atoms with Gasteiger partial charge in [0.05, 0.1) is 13.2 Å². The van der Waals surface area contributed by atoms with Crippen molar-refractivity contribution < 1.29 is 14.9 Å². The topological polar surface area (TPSA) is 78.7 Å². The summed E-state index contributed by atoms with van der Waals surface area (Å²) in [6.45, 7) is 2.86. The Morgan fingerprint density at radius 3 is 2.67 bits per heavy atom. The largest absolute Gasteiger partial charge is 0.378 e. The van der Waals surface area contributed by atoms with Crippen LogP contribution in [0.2, 0.25) is 0 Å². The summed E-state index contributed by atoms with van der Waals surface area (Å²) in [5.41, 5.74) is 0.214. The average molecular weight is 211 g/mol. The minimum Gasteiger partial charge on any atom is -0.378 e. The van der Waals surface area contributed by atoms with Crippen LogP contribution in [-0.2, 0) is 4.74 Å². The molecule has 0 aromatic carbocycles. The summed E-state index contributed by atoms with van der Waals surface area (Å²) in [4.78, 5) is 9.87. The molecule has 1 aliphatic heterocycles. The van der Waals surface area contributed by atoms with Crippen LogP contribution in [-0.4, -0.2) is 46.5 Å². The summed E-state index contributed by atoms with van der Waals surface area (Å²) < 4.78 is 5.22. The molecule has 0 bridgehead atoms. The smallest absolute Gasteiger partial charge is 0.196 e. The van der Waals surface area contributed by atoms with E-state index in [2.05, 4.69) is 9.97 Å². The number of nitrogens with zero attached hydrogens (tertiary/aromatic N) is 3. The van der Waals surface area contributed by atoms with Crippen LogP contribution in [0.1, 0.15) is 12.0 Å². The van der Waals surface area contributed by atoms with Gasteiger partial charge in [-0.15, -0.1) is 0 Å². The van der Waals surface area contributed by atoms with Crippen molar-refractivity contribution in [2.75, 3.05) is 31.2 Å². The molecule has 1 aromatic rings. The maximum Gasteiger partial charge on any atom is 0.196 e. The number of morpholine rings is 1. The van der Waals surface area contributed by atoms with Crippen LogP contribution in [0.5, 0.6) is 0 Å². The fourth-order valence-corrected chi connectivity index (χ4v) is 1.47. The second-order valence-electron chi connectivity index (χ2n) is 3.27. The predicted octanol–water partition coefficient (Wildman–Crippen LogP) is -0.704. The van der Waals surface area contributed by atoms with E-state index in [0.717, 1.165) is 13.1 Å². The molecule has 0 aliphatic carbocycles. The third-order valence-corrected chi connectivity index (χ3v) is 2.27. The van der Waals surface area contributed by atoms with E-state index in [1.165, 1.54) is 6.33 Å². The highest BCUT2D eigenvalue weighted by atomic mass is 16.5. The quantitative estimate of drug-likeness (QED) is 0.629. The Morgan fingerprint density at radius 1 is 1.27 bits per heavy atom. The highest BCUT2D eigenvalue weighted by Gasteiger charge is 2.14. The molecule has 1 fully saturated rings. The van der Waals surface area contributed by atoms with Crippen LogP contribution in [0.25, 0.3) is 0 Å². The fraction of sp³-hybridized carbons (Fsp3) is 0.556. The van der Waals surface area contributed by atoms with E-state index >= 15 is 0 Å². The molecule has 82 valence electrons. The van der Waals surface area contributed by atoms with Crippen molar-refractivity contribution in [3.8, 4) is 0 Å². The predicted molar refractivity (Wildman–Crippen MR) is 52.2 cm³/mol. The lowest BCUT2D eigenvalue weighted by Crippen LogP contribution is -2.36. The first kappa shape index (κ1) is 10.3. The van der Waals surface area contributed by atoms with Gasteiger partial charge in [0.25, 0.3) is 0 Å². The summed E-state index contributed by atoms with van der Waals surface area (Å²) in [5, 5.41) is 17.9. The van der Waals surface area contributed by atoms with Gasteiger partial charge in [-0.05, 0) is 0 Å². The molecule has 1 aromatic heterocycles. The van der Waals surface area contributed by atoms with Crippen molar-refractivity contribution in [1.82, 2.24) is 9.97 Å². The highest BCUT2D eigenvalue weighted by molar-refractivity contribution is 5.39. The number of hydrogen-bond donors (Lipinski definition) is 2. The van der Waals surface area contributed by atoms with Crippen molar-refractivity contribution in [1.29, 1.82) is 0 Å². The zero-order valence-electron chi connectivity index (χ0n) is 8.20. The normalized spacial score (nSPS) is 17.1. The number of aromatic nitrogens is 2. The van der Waals surface area contributed by atoms with Crippen molar-refractivity contribution >= 4 is 5.82 Å². The molecule has 2 heterocycles. The minimum absolute atomic E-state index is 0.214. The van der Waals surface area contributed by atoms with E-state index < -0.39 is 6.29 Å². The zero-order chi connectivity index (χ0) is 10.7. The Labute approximate surface area is 87.2 Å². The number of hydrogen-bond acceptors (Lipinski definition) is 6. The van der Waals surface area contributed by atoms with Gasteiger partial charge in [0.2, 0.25) is 0 Å². The van der Waals surface area contributed by atoms with Gasteiger partial charge < -0.3 is 19.8 Å². The Bertz CT molecular complexity index is 326. The third kappa shape index (κ3) is 2.41. The summed E-state index contributed by atoms with van der Waals surface area (Å²) in [6, 6.07) is 1.58. The van der Waals surface area contributed by atoms with Crippen LogP contribution in [0.15, 0.2) is 12.4 Å². The van der Waals surface area contributed by atoms with Crippen molar-refractivity contribution in [2.45, 2.75) is 6.29 Å². The molecule has 0 amide bonds. The third-order valence-electron chi connectivity index (χ3n) is 2.27. The first-order chi connectivity index (χ1) is 7.27. The van der Waals surface area contributed by atoms with Crippen LogP contribution in [0, 0.1) is 0 Å². The van der Waals surface area contributed by atoms with Gasteiger partial charge in [0.15, 0.2) is 6.29 Å². The molecule has 1 saturated heterocycles. The summed E-state index contributed by atoms with van der Waals surface area (Å²) in [5.74, 6) is 0.705. The van der Waals surface area contributed by atoms with Crippen LogP contribution < -0.4 is 4.90 Å². The Kier molecular flexibility index (Phi) is 3.10. The van der Waals surface area contributed by atoms with Gasteiger partial charge in [-0.25, -0.2) is 9.97 Å². The molecule has 0 unspecified atom stereocenters. The first-order valence-electron chi connectivity index (χ1n) is 4.78. The van der Waals surface area contributed by atoms with E-state index in [1.54, 1.807) is 6.07 Å². The van der Waals surface area contributed by atoms with Crippen LogP contribution >= 0.6 is 0 Å². The Balaban J connectivity index is 2.16. The Morgan fingerprint density at radius 2 is 2.00 bits per heavy atom. The second kappa shape index (κ2) is 4.52. The van der Waals surface area contributed by atoms with E-state index in [0.29, 0.717) is 19.0 Å². The molecule has 0 spiro atoms. The summed E-state index contributed by atoms with van der Waals surface area (Å²) >= 11 is 0. The highest BCUT2D eigenvalue weighted by Crippen LogP contribution is 2.15. The maximum atomic E-state index is 8.97. The fourth-order valence-electron chi connectivity index (χ4n) is 1.47. The summed E-state index contributed by atoms with van der Waals surface area (Å²) in [6.07, 6.45) is -0.215. The molecule has 15 heavy (non-hydrogen) atoms. The molecule has 2 N–H and O–H groups in total. The number of ether oxygens (including phenoxy) is 1. The molecule has 0 atom stereocenters. The van der Waals surface area contributed by atoms with Gasteiger partial charge in [-0.2, -0.15) is 0 Å². The zero-order valence-corrected chi connectivity index (χ0v) is 8.20. The minimum atomic E-state index is -1.55. The van der Waals surface area contributed by atoms with Gasteiger partial charge in [-0.3, -0.25) is 0 Å². The van der Waals surface area contributed by atoms with Gasteiger partial charge in [0, 0.05) is 19.2 Å². The van der Waals surface area contributed by atoms with Crippen molar-refractivity contribution in [2.24, 2.45) is 0 Å². The SMILES string of the molecule is OC(O)c1cc(N2CCOCC2)ncn1. The standard InChI is InChI=1S/C9H13N3O3/c13-9(14)7-5-8(11-6-10-7)12-1-3-15-4-2-12/h5-6,9,13-14H,1-4H2. The lowest BCUT2D eigenvalue weighted by atomic mass is 10.3. The number of anilines is 1. The molecular formula is C9H13N3O3. The lowest BCUT2D eigenvalue weighted by Gasteiger charge is -2.27. The first-order valence-corrected chi connectivity index (χ1v) is 4.78. The van der Waals surface area contributed by atoms with Gasteiger partial charge >= 0.3 is 0 Å². The van der Waals surface area contributed by atoms with Crippen LogP contribution in [0.3, 0.4) is 0 Å². The monoisotopic (exact) mass is 211 g/mol. The van der Waals surface area contributed by atoms with E-state index in [4.69, 9.17) is 14.9 Å². The van der Waals surface area contributed by atoms with Crippen LogP contribution in [0.4, 0.5) is 5.82 Å². The van der Waals surface area contributed by atoms with Crippen molar-refractivity contribution in [3.63, 3.8) is 0 Å². The second-order valence-corrected chi connectivity index (χ2v) is 3.27. The molecule has 6 heteroatoms. The molecule has 1 aliphatic rings. The molecule has 6 nitrogen and oxygen atoms in total. The molecule has 0 saturated carbocycles. The number of aliphatic hydroxyl groups excluding tert-OH is 1. The molecule has 2 rings (SSSR count). The van der Waals surface area contributed by atoms with Gasteiger partial charge in [0.1, 0.15) is 17.8 Å². The van der Waals surface area contributed by atoms with E-state index in [9.17, 15) is 0 Å².